The number of alkyl halides is 1. The molecule has 1 heterocycles. The van der Waals surface area contributed by atoms with Gasteiger partial charge in [0.15, 0.2) is 0 Å². The molecule has 1 fully saturated rings. The van der Waals surface area contributed by atoms with E-state index in [0.29, 0.717) is 42.3 Å². The first-order valence-corrected chi connectivity index (χ1v) is 5.69. The summed E-state index contributed by atoms with van der Waals surface area (Å²) in [7, 11) is 0. The summed E-state index contributed by atoms with van der Waals surface area (Å²) in [6, 6.07) is 3.41. The molecule has 5 heteroatoms. The van der Waals surface area contributed by atoms with Crippen molar-refractivity contribution in [2.75, 3.05) is 29.5 Å². The third-order valence-electron chi connectivity index (χ3n) is 2.92. The lowest BCUT2D eigenvalue weighted by atomic mass is 10.1. The Morgan fingerprint density at radius 3 is 2.38 bits per heavy atom. The Bertz CT molecular complexity index is 389. The van der Waals surface area contributed by atoms with Crippen molar-refractivity contribution in [2.45, 2.75) is 19.0 Å². The maximum Gasteiger partial charge on any atom is 0.103 e. The van der Waals surface area contributed by atoms with E-state index in [9.17, 15) is 4.39 Å². The third-order valence-corrected chi connectivity index (χ3v) is 3.22. The van der Waals surface area contributed by atoms with Gasteiger partial charge >= 0.3 is 0 Å². The average Bonchev–Trinajstić information content (AvgIpc) is 2.25. The summed E-state index contributed by atoms with van der Waals surface area (Å²) in [5, 5.41) is 0.573. The van der Waals surface area contributed by atoms with Crippen LogP contribution in [0.1, 0.15) is 12.8 Å². The second-order valence-corrected chi connectivity index (χ2v) is 4.50. The third kappa shape index (κ3) is 2.16. The van der Waals surface area contributed by atoms with E-state index >= 15 is 0 Å². The molecule has 3 nitrogen and oxygen atoms in total. The fraction of sp³-hybridized carbons (Fsp3) is 0.455. The summed E-state index contributed by atoms with van der Waals surface area (Å²) in [5.41, 5.74) is 13.2. The van der Waals surface area contributed by atoms with Crippen molar-refractivity contribution in [3.8, 4) is 0 Å². The van der Waals surface area contributed by atoms with Crippen LogP contribution < -0.4 is 16.4 Å². The van der Waals surface area contributed by atoms with E-state index in [-0.39, 0.29) is 0 Å². The molecule has 4 N–H and O–H groups in total. The van der Waals surface area contributed by atoms with Crippen molar-refractivity contribution in [3.63, 3.8) is 0 Å². The molecule has 0 radical (unpaired) electrons. The molecule has 0 saturated carbocycles. The number of rotatable bonds is 1. The molecule has 1 aliphatic heterocycles. The predicted octanol–water partition coefficient (Wildman–Crippen LogP) is 2.44. The molecule has 1 aromatic carbocycles. The standard InChI is InChI=1S/C11H15ClFN3/c12-8-5-9(14)10(15)6-11(8)16-3-1-7(13)2-4-16/h5-7H,1-4,14-15H2. The van der Waals surface area contributed by atoms with Crippen LogP contribution >= 0.6 is 11.6 Å². The average molecular weight is 244 g/mol. The first kappa shape index (κ1) is 11.3. The highest BCUT2D eigenvalue weighted by Crippen LogP contribution is 2.33. The molecular weight excluding hydrogens is 229 g/mol. The lowest BCUT2D eigenvalue weighted by molar-refractivity contribution is 0.277. The Kier molecular flexibility index (Phi) is 3.10. The van der Waals surface area contributed by atoms with Gasteiger partial charge in [-0.3, -0.25) is 0 Å². The van der Waals surface area contributed by atoms with E-state index in [1.165, 1.54) is 0 Å². The fourth-order valence-electron chi connectivity index (χ4n) is 1.92. The molecule has 0 amide bonds. The summed E-state index contributed by atoms with van der Waals surface area (Å²) < 4.78 is 13.0. The minimum absolute atomic E-state index is 0.481. The Balaban J connectivity index is 2.23. The SMILES string of the molecule is Nc1cc(Cl)c(N2CCC(F)CC2)cc1N. The van der Waals surface area contributed by atoms with E-state index < -0.39 is 6.17 Å². The molecule has 0 bridgehead atoms. The monoisotopic (exact) mass is 243 g/mol. The maximum atomic E-state index is 13.0. The van der Waals surface area contributed by atoms with Gasteiger partial charge in [-0.1, -0.05) is 11.6 Å². The largest absolute Gasteiger partial charge is 0.397 e. The number of hydrogen-bond acceptors (Lipinski definition) is 3. The number of piperidine rings is 1. The first-order chi connectivity index (χ1) is 7.58. The molecule has 0 spiro atoms. The van der Waals surface area contributed by atoms with E-state index in [0.717, 1.165) is 5.69 Å². The molecular formula is C11H15ClFN3. The van der Waals surface area contributed by atoms with Gasteiger partial charge in [-0.15, -0.1) is 0 Å². The number of nitrogen functional groups attached to an aromatic ring is 2. The van der Waals surface area contributed by atoms with Gasteiger partial charge in [0.25, 0.3) is 0 Å². The molecule has 0 aromatic heterocycles. The number of anilines is 3. The minimum Gasteiger partial charge on any atom is -0.397 e. The van der Waals surface area contributed by atoms with Crippen LogP contribution in [0.5, 0.6) is 0 Å². The van der Waals surface area contributed by atoms with Gasteiger partial charge in [-0.25, -0.2) is 4.39 Å². The quantitative estimate of drug-likeness (QED) is 0.745. The fourth-order valence-corrected chi connectivity index (χ4v) is 2.22. The molecule has 1 saturated heterocycles. The predicted molar refractivity (Wildman–Crippen MR) is 66.6 cm³/mol. The molecule has 16 heavy (non-hydrogen) atoms. The van der Waals surface area contributed by atoms with Crippen LogP contribution in [0.4, 0.5) is 21.5 Å². The second-order valence-electron chi connectivity index (χ2n) is 4.09. The van der Waals surface area contributed by atoms with Crippen molar-refractivity contribution in [3.05, 3.63) is 17.2 Å². The number of hydrogen-bond donors (Lipinski definition) is 2. The van der Waals surface area contributed by atoms with Crippen molar-refractivity contribution >= 4 is 28.7 Å². The number of benzene rings is 1. The zero-order chi connectivity index (χ0) is 11.7. The highest BCUT2D eigenvalue weighted by Gasteiger charge is 2.20. The summed E-state index contributed by atoms with van der Waals surface area (Å²) in [6.45, 7) is 1.34. The Labute approximate surface area is 99.2 Å². The first-order valence-electron chi connectivity index (χ1n) is 5.31. The zero-order valence-electron chi connectivity index (χ0n) is 8.92. The van der Waals surface area contributed by atoms with Crippen molar-refractivity contribution in [1.82, 2.24) is 0 Å². The van der Waals surface area contributed by atoms with E-state index in [4.69, 9.17) is 23.1 Å². The van der Waals surface area contributed by atoms with E-state index in [2.05, 4.69) is 0 Å². The van der Waals surface area contributed by atoms with Crippen molar-refractivity contribution in [1.29, 1.82) is 0 Å². The number of nitrogens with zero attached hydrogens (tertiary/aromatic N) is 1. The highest BCUT2D eigenvalue weighted by molar-refractivity contribution is 6.33. The van der Waals surface area contributed by atoms with E-state index in [1.807, 2.05) is 4.90 Å². The molecule has 1 aromatic rings. The Hall–Kier alpha value is -1.16. The van der Waals surface area contributed by atoms with Crippen LogP contribution in [0.25, 0.3) is 0 Å². The van der Waals surface area contributed by atoms with Crippen LogP contribution in [0.2, 0.25) is 5.02 Å². The van der Waals surface area contributed by atoms with Gasteiger partial charge < -0.3 is 16.4 Å². The van der Waals surface area contributed by atoms with Crippen molar-refractivity contribution in [2.24, 2.45) is 0 Å². The lowest BCUT2D eigenvalue weighted by Gasteiger charge is -2.31. The van der Waals surface area contributed by atoms with Crippen LogP contribution in [-0.2, 0) is 0 Å². The van der Waals surface area contributed by atoms with Crippen molar-refractivity contribution < 1.29 is 4.39 Å². The van der Waals surface area contributed by atoms with Crippen LogP contribution in [-0.4, -0.2) is 19.3 Å². The van der Waals surface area contributed by atoms with Gasteiger partial charge in [0.2, 0.25) is 0 Å². The van der Waals surface area contributed by atoms with Gasteiger partial charge in [-0.2, -0.15) is 0 Å². The van der Waals surface area contributed by atoms with E-state index in [1.54, 1.807) is 12.1 Å². The second kappa shape index (κ2) is 4.37. The molecule has 0 aliphatic carbocycles. The van der Waals surface area contributed by atoms with Gasteiger partial charge in [0, 0.05) is 13.1 Å². The molecule has 0 atom stereocenters. The van der Waals surface area contributed by atoms with Gasteiger partial charge in [0.05, 0.1) is 22.1 Å². The van der Waals surface area contributed by atoms with Crippen LogP contribution in [0.3, 0.4) is 0 Å². The summed E-state index contributed by atoms with van der Waals surface area (Å²) in [6.07, 6.45) is 0.391. The van der Waals surface area contributed by atoms with Crippen LogP contribution in [0.15, 0.2) is 12.1 Å². The zero-order valence-corrected chi connectivity index (χ0v) is 9.67. The highest BCUT2D eigenvalue weighted by atomic mass is 35.5. The number of nitrogens with two attached hydrogens (primary N) is 2. The topological polar surface area (TPSA) is 55.3 Å². The summed E-state index contributed by atoms with van der Waals surface area (Å²) in [5.74, 6) is 0. The smallest absolute Gasteiger partial charge is 0.103 e. The molecule has 88 valence electrons. The Morgan fingerprint density at radius 1 is 1.19 bits per heavy atom. The lowest BCUT2D eigenvalue weighted by Crippen LogP contribution is -2.34. The maximum absolute atomic E-state index is 13.0. The minimum atomic E-state index is -0.693. The molecule has 0 unspecified atom stereocenters. The van der Waals surface area contributed by atoms with Crippen LogP contribution in [0, 0.1) is 0 Å². The molecule has 1 aliphatic rings. The van der Waals surface area contributed by atoms with Gasteiger partial charge in [0.1, 0.15) is 6.17 Å². The summed E-state index contributed by atoms with van der Waals surface area (Å²) >= 11 is 6.10. The number of halogens is 2. The molecule has 2 rings (SSSR count). The summed E-state index contributed by atoms with van der Waals surface area (Å²) in [4.78, 5) is 2.05. The van der Waals surface area contributed by atoms with Gasteiger partial charge in [-0.05, 0) is 25.0 Å². The Morgan fingerprint density at radius 2 is 1.75 bits per heavy atom. The normalized spacial score (nSPS) is 17.8.